The van der Waals surface area contributed by atoms with Gasteiger partial charge in [-0.15, -0.1) is 0 Å². The number of ether oxygens (including phenoxy) is 1. The second-order valence-corrected chi connectivity index (χ2v) is 9.06. The number of pyridine rings is 2. The number of halogens is 5. The van der Waals surface area contributed by atoms with E-state index < -0.39 is 26.4 Å². The second kappa shape index (κ2) is 17.8. The topological polar surface area (TPSA) is 194 Å². The summed E-state index contributed by atoms with van der Waals surface area (Å²) in [5.41, 5.74) is 11.8. The molecule has 2 heterocycles. The van der Waals surface area contributed by atoms with Crippen LogP contribution in [0.25, 0.3) is 0 Å². The molecule has 0 atom stereocenters. The van der Waals surface area contributed by atoms with Crippen molar-refractivity contribution in [3.8, 4) is 5.75 Å². The van der Waals surface area contributed by atoms with Crippen molar-refractivity contribution < 1.29 is 55.1 Å². The van der Waals surface area contributed by atoms with Gasteiger partial charge >= 0.3 is 29.6 Å². The summed E-state index contributed by atoms with van der Waals surface area (Å²) in [6.07, 6.45) is 3.12. The van der Waals surface area contributed by atoms with E-state index in [9.17, 15) is 24.6 Å². The van der Waals surface area contributed by atoms with Crippen LogP contribution in [0.4, 0.5) is 27.4 Å². The van der Waals surface area contributed by atoms with Gasteiger partial charge in [0.2, 0.25) is 0 Å². The standard InChI is InChI=1S/C12H9Cl2N3O3.C6H2Cl2FNO2.C6H8N2O.Na.H/c13-11-8(17(18)19)1-2-9(12(11)14)20-6-7-3-4-16-10(15)5-7;7-5-3(9)1-2-4(6(5)8)10(11)12;7-6-3-5(4-9)1-2-8-6;;/h1-5H,6H2,(H2,15,16);1-2H;1-3,9H,4H2,(H2,7,8);;/q;;;+1;-1. The molecule has 4 rings (SSSR count). The fourth-order valence-corrected chi connectivity index (χ4v) is 3.59. The Bertz CT molecular complexity index is 1560. The molecule has 0 aliphatic carbocycles. The van der Waals surface area contributed by atoms with Crippen LogP contribution in [-0.4, -0.2) is 24.9 Å². The molecule has 0 fully saturated rings. The molecular weight excluding hydrogens is 652 g/mol. The minimum absolute atomic E-state index is 0. The Kier molecular flexibility index (Phi) is 15.7. The first kappa shape index (κ1) is 37.0. The van der Waals surface area contributed by atoms with Crippen LogP contribution in [0.1, 0.15) is 12.6 Å². The van der Waals surface area contributed by atoms with Gasteiger partial charge in [-0.05, 0) is 47.5 Å². The second-order valence-electron chi connectivity index (χ2n) is 7.54. The third kappa shape index (κ3) is 11.0. The van der Waals surface area contributed by atoms with Crippen molar-refractivity contribution in [2.45, 2.75) is 13.2 Å². The molecule has 18 heteroatoms. The number of anilines is 2. The maximum atomic E-state index is 12.6. The van der Waals surface area contributed by atoms with Crippen molar-refractivity contribution in [1.82, 2.24) is 9.97 Å². The van der Waals surface area contributed by atoms with Gasteiger partial charge in [0.1, 0.15) is 49.9 Å². The van der Waals surface area contributed by atoms with E-state index in [-0.39, 0.29) is 70.7 Å². The molecule has 0 radical (unpaired) electrons. The molecule has 0 unspecified atom stereocenters. The minimum atomic E-state index is -0.771. The molecule has 42 heavy (non-hydrogen) atoms. The van der Waals surface area contributed by atoms with E-state index in [1.54, 1.807) is 36.7 Å². The van der Waals surface area contributed by atoms with Crippen LogP contribution in [0.15, 0.2) is 60.9 Å². The first-order valence-corrected chi connectivity index (χ1v) is 12.4. The third-order valence-corrected chi connectivity index (χ3v) is 6.41. The van der Waals surface area contributed by atoms with Crippen LogP contribution in [-0.2, 0) is 13.2 Å². The number of aliphatic hydroxyl groups excluding tert-OH is 1. The summed E-state index contributed by atoms with van der Waals surface area (Å²) >= 11 is 22.5. The molecule has 4 aromatic rings. The predicted octanol–water partition coefficient (Wildman–Crippen LogP) is 3.77. The van der Waals surface area contributed by atoms with Crippen molar-refractivity contribution in [3.63, 3.8) is 0 Å². The van der Waals surface area contributed by atoms with Crippen molar-refractivity contribution in [2.75, 3.05) is 11.5 Å². The van der Waals surface area contributed by atoms with Crippen molar-refractivity contribution >= 4 is 69.4 Å². The summed E-state index contributed by atoms with van der Waals surface area (Å²) in [4.78, 5) is 27.2. The van der Waals surface area contributed by atoms with Gasteiger partial charge in [0, 0.05) is 24.5 Å². The quantitative estimate of drug-likeness (QED) is 0.118. The number of hydrogen-bond donors (Lipinski definition) is 3. The van der Waals surface area contributed by atoms with Gasteiger partial charge in [0.25, 0.3) is 11.4 Å². The van der Waals surface area contributed by atoms with Gasteiger partial charge in [0.15, 0.2) is 0 Å². The van der Waals surface area contributed by atoms with Gasteiger partial charge in [-0.1, -0.05) is 46.4 Å². The van der Waals surface area contributed by atoms with Crippen molar-refractivity contribution in [3.05, 3.63) is 118 Å². The average molecular weight is 672 g/mol. The Balaban J connectivity index is 0.000000657. The Morgan fingerprint density at radius 1 is 0.810 bits per heavy atom. The largest absolute Gasteiger partial charge is 1.00 e. The Labute approximate surface area is 281 Å². The zero-order valence-electron chi connectivity index (χ0n) is 22.5. The molecule has 0 saturated heterocycles. The normalized spacial score (nSPS) is 9.76. The van der Waals surface area contributed by atoms with Crippen LogP contribution >= 0.6 is 46.4 Å². The average Bonchev–Trinajstić information content (AvgIpc) is 2.93. The van der Waals surface area contributed by atoms with Gasteiger partial charge in [-0.25, -0.2) is 14.4 Å². The molecule has 0 aliphatic rings. The number of nitrogens with two attached hydrogens (primary N) is 2. The maximum absolute atomic E-state index is 12.6. The van der Waals surface area contributed by atoms with Crippen molar-refractivity contribution in [2.24, 2.45) is 0 Å². The summed E-state index contributed by atoms with van der Waals surface area (Å²) in [6, 6.07) is 11.2. The predicted molar refractivity (Wildman–Crippen MR) is 155 cm³/mol. The van der Waals surface area contributed by atoms with Crippen LogP contribution in [0, 0.1) is 26.0 Å². The summed E-state index contributed by atoms with van der Waals surface area (Å²) in [7, 11) is 0. The van der Waals surface area contributed by atoms with E-state index in [2.05, 4.69) is 9.97 Å². The minimum Gasteiger partial charge on any atom is -1.00 e. The molecule has 2 aromatic heterocycles. The molecule has 0 aliphatic heterocycles. The van der Waals surface area contributed by atoms with Crippen LogP contribution in [0.5, 0.6) is 5.75 Å². The van der Waals surface area contributed by atoms with Gasteiger partial charge in [-0.3, -0.25) is 20.2 Å². The Hall–Kier alpha value is -3.01. The smallest absolute Gasteiger partial charge is 1.00 e. The van der Waals surface area contributed by atoms with E-state index in [0.29, 0.717) is 11.6 Å². The molecule has 0 amide bonds. The molecule has 0 bridgehead atoms. The Morgan fingerprint density at radius 2 is 1.29 bits per heavy atom. The van der Waals surface area contributed by atoms with E-state index in [0.717, 1.165) is 23.3 Å². The number of benzene rings is 2. The molecular formula is C24H20Cl4FN6NaO6. The summed E-state index contributed by atoms with van der Waals surface area (Å²) < 4.78 is 18.1. The van der Waals surface area contributed by atoms with E-state index >= 15 is 0 Å². The SMILES string of the molecule is Nc1cc(CO)ccn1.Nc1cc(COc2ccc([N+](=O)[O-])c(Cl)c2Cl)ccn1.O=[N+]([O-])c1ccc(F)c(Cl)c1Cl.[H-].[Na+]. The molecule has 218 valence electrons. The van der Waals surface area contributed by atoms with Crippen LogP contribution in [0.2, 0.25) is 20.1 Å². The van der Waals surface area contributed by atoms with Gasteiger partial charge in [-0.2, -0.15) is 0 Å². The molecule has 0 saturated carbocycles. The number of aliphatic hydroxyl groups is 1. The monoisotopic (exact) mass is 670 g/mol. The zero-order valence-corrected chi connectivity index (χ0v) is 26.5. The number of nitrogen functional groups attached to an aromatic ring is 2. The molecule has 0 spiro atoms. The van der Waals surface area contributed by atoms with Crippen LogP contribution in [0.3, 0.4) is 0 Å². The number of nitro groups is 2. The number of nitrogens with zero attached hydrogens (tertiary/aromatic N) is 4. The summed E-state index contributed by atoms with van der Waals surface area (Å²) in [5, 5.41) is 28.6. The third-order valence-electron chi connectivity index (χ3n) is 4.70. The molecule has 5 N–H and O–H groups in total. The maximum Gasteiger partial charge on any atom is 1.00 e. The van der Waals surface area contributed by atoms with Gasteiger partial charge < -0.3 is 22.7 Å². The molecule has 12 nitrogen and oxygen atoms in total. The summed E-state index contributed by atoms with van der Waals surface area (Å²) in [5.74, 6) is 0.311. The molecule has 2 aromatic carbocycles. The fourth-order valence-electron chi connectivity index (χ4n) is 2.77. The number of aromatic nitrogens is 2. The fraction of sp³-hybridized carbons (Fsp3) is 0.0833. The van der Waals surface area contributed by atoms with Crippen molar-refractivity contribution in [1.29, 1.82) is 0 Å². The number of nitro benzene ring substituents is 2. The first-order chi connectivity index (χ1) is 19.3. The Morgan fingerprint density at radius 3 is 1.76 bits per heavy atom. The number of rotatable bonds is 6. The van der Waals surface area contributed by atoms with Gasteiger partial charge in [0.05, 0.1) is 16.5 Å². The first-order valence-electron chi connectivity index (χ1n) is 10.9. The van der Waals surface area contributed by atoms with E-state index in [4.69, 9.17) is 67.7 Å². The van der Waals surface area contributed by atoms with E-state index in [1.165, 1.54) is 12.1 Å². The number of hydrogen-bond acceptors (Lipinski definition) is 10. The summed E-state index contributed by atoms with van der Waals surface area (Å²) in [6.45, 7) is 0.216. The van der Waals surface area contributed by atoms with Crippen LogP contribution < -0.4 is 45.8 Å². The zero-order chi connectivity index (χ0) is 30.7. The van der Waals surface area contributed by atoms with E-state index in [1.807, 2.05) is 0 Å².